The molecular weight excluding hydrogens is 287 g/mol. The first-order valence-corrected chi connectivity index (χ1v) is 6.51. The summed E-state index contributed by atoms with van der Waals surface area (Å²) in [5, 5.41) is 8.79. The molecule has 1 atom stereocenters. The lowest BCUT2D eigenvalue weighted by atomic mass is 10.1. The third-order valence-corrected chi connectivity index (χ3v) is 3.02. The van der Waals surface area contributed by atoms with Crippen molar-refractivity contribution in [3.05, 3.63) is 29.8 Å². The lowest BCUT2D eigenvalue weighted by Gasteiger charge is -2.26. The van der Waals surface area contributed by atoms with Gasteiger partial charge in [-0.3, -0.25) is 9.69 Å². The zero-order chi connectivity index (χ0) is 16.0. The van der Waals surface area contributed by atoms with E-state index in [4.69, 9.17) is 5.11 Å². The molecule has 118 valence electrons. The summed E-state index contributed by atoms with van der Waals surface area (Å²) < 4.78 is 40.4. The number of benzene rings is 1. The predicted octanol–water partition coefficient (Wildman–Crippen LogP) is 3.27. The van der Waals surface area contributed by atoms with E-state index >= 15 is 0 Å². The Hall–Kier alpha value is -1.76. The van der Waals surface area contributed by atoms with E-state index in [1.807, 2.05) is 11.8 Å². The smallest absolute Gasteiger partial charge is 0.481 e. The molecule has 0 radical (unpaired) electrons. The first kappa shape index (κ1) is 17.3. The normalized spacial score (nSPS) is 13.2. The number of alkyl halides is 3. The van der Waals surface area contributed by atoms with Crippen LogP contribution in [-0.4, -0.2) is 34.9 Å². The quantitative estimate of drug-likeness (QED) is 0.840. The van der Waals surface area contributed by atoms with Gasteiger partial charge in [0.1, 0.15) is 5.75 Å². The molecule has 1 unspecified atom stereocenters. The van der Waals surface area contributed by atoms with E-state index in [2.05, 4.69) is 4.74 Å². The van der Waals surface area contributed by atoms with Gasteiger partial charge in [-0.05, 0) is 31.2 Å². The zero-order valence-electron chi connectivity index (χ0n) is 11.9. The van der Waals surface area contributed by atoms with Crippen molar-refractivity contribution in [1.82, 2.24) is 4.90 Å². The third kappa shape index (κ3) is 6.48. The minimum atomic E-state index is -4.72. The van der Waals surface area contributed by atoms with Gasteiger partial charge >= 0.3 is 12.3 Å². The van der Waals surface area contributed by atoms with Gasteiger partial charge in [0.2, 0.25) is 0 Å². The van der Waals surface area contributed by atoms with E-state index in [0.717, 1.165) is 0 Å². The zero-order valence-corrected chi connectivity index (χ0v) is 11.9. The molecule has 0 amide bonds. The maximum absolute atomic E-state index is 12.2. The van der Waals surface area contributed by atoms with Gasteiger partial charge in [-0.2, -0.15) is 0 Å². The molecule has 1 aromatic carbocycles. The molecule has 21 heavy (non-hydrogen) atoms. The second-order valence-electron chi connectivity index (χ2n) is 4.71. The summed E-state index contributed by atoms with van der Waals surface area (Å²) in [5.41, 5.74) is 0.635. The molecule has 1 aromatic rings. The van der Waals surface area contributed by atoms with Crippen LogP contribution in [0.3, 0.4) is 0 Å². The van der Waals surface area contributed by atoms with Crippen molar-refractivity contribution >= 4 is 5.97 Å². The Morgan fingerprint density at radius 3 is 2.62 bits per heavy atom. The fraction of sp³-hybridized carbons (Fsp3) is 0.500. The maximum atomic E-state index is 12.2. The molecule has 0 aliphatic heterocycles. The largest absolute Gasteiger partial charge is 0.573 e. The molecule has 0 aliphatic rings. The second-order valence-corrected chi connectivity index (χ2v) is 4.71. The van der Waals surface area contributed by atoms with Crippen molar-refractivity contribution in [3.63, 3.8) is 0 Å². The van der Waals surface area contributed by atoms with Crippen molar-refractivity contribution in [1.29, 1.82) is 0 Å². The predicted molar refractivity (Wildman–Crippen MR) is 70.9 cm³/mol. The van der Waals surface area contributed by atoms with E-state index < -0.39 is 12.3 Å². The van der Waals surface area contributed by atoms with Crippen LogP contribution in [0.15, 0.2) is 24.3 Å². The van der Waals surface area contributed by atoms with Crippen molar-refractivity contribution in [2.45, 2.75) is 39.2 Å². The molecule has 0 spiro atoms. The van der Waals surface area contributed by atoms with Gasteiger partial charge in [0.05, 0.1) is 6.42 Å². The van der Waals surface area contributed by atoms with Crippen molar-refractivity contribution in [2.24, 2.45) is 0 Å². The molecular formula is C14H18F3NO3. The summed E-state index contributed by atoms with van der Waals surface area (Å²) in [4.78, 5) is 12.6. The summed E-state index contributed by atoms with van der Waals surface area (Å²) in [6.45, 7) is 4.60. The van der Waals surface area contributed by atoms with Gasteiger partial charge in [-0.25, -0.2) is 0 Å². The molecule has 1 N–H and O–H groups in total. The van der Waals surface area contributed by atoms with E-state index in [-0.39, 0.29) is 18.2 Å². The Bertz CT molecular complexity index is 477. The number of nitrogens with zero attached hydrogens (tertiary/aromatic N) is 1. The first-order chi connectivity index (χ1) is 9.71. The molecule has 0 heterocycles. The van der Waals surface area contributed by atoms with Crippen molar-refractivity contribution in [2.75, 3.05) is 6.54 Å². The highest BCUT2D eigenvalue weighted by Gasteiger charge is 2.31. The van der Waals surface area contributed by atoms with E-state index in [1.165, 1.54) is 18.2 Å². The number of hydrogen-bond donors (Lipinski definition) is 1. The van der Waals surface area contributed by atoms with Crippen LogP contribution >= 0.6 is 0 Å². The molecule has 0 aliphatic carbocycles. The Balaban J connectivity index is 2.76. The SMILES string of the molecule is CCN(Cc1cccc(OC(F)(F)F)c1)C(C)CC(=O)O. The molecule has 4 nitrogen and oxygen atoms in total. The first-order valence-electron chi connectivity index (χ1n) is 6.51. The average Bonchev–Trinajstić information content (AvgIpc) is 2.33. The van der Waals surface area contributed by atoms with Gasteiger partial charge in [0, 0.05) is 12.6 Å². The van der Waals surface area contributed by atoms with Crippen LogP contribution in [0.5, 0.6) is 5.75 Å². The number of carbonyl (C=O) groups is 1. The fourth-order valence-corrected chi connectivity index (χ4v) is 2.04. The molecule has 0 saturated carbocycles. The summed E-state index contributed by atoms with van der Waals surface area (Å²) in [6.07, 6.45) is -4.74. The fourth-order valence-electron chi connectivity index (χ4n) is 2.04. The summed E-state index contributed by atoms with van der Waals surface area (Å²) in [7, 11) is 0. The lowest BCUT2D eigenvalue weighted by molar-refractivity contribution is -0.274. The van der Waals surface area contributed by atoms with Gasteiger partial charge < -0.3 is 9.84 Å². The van der Waals surface area contributed by atoms with Crippen LogP contribution in [0.4, 0.5) is 13.2 Å². The van der Waals surface area contributed by atoms with Gasteiger partial charge in [0.15, 0.2) is 0 Å². The van der Waals surface area contributed by atoms with Gasteiger partial charge in [0.25, 0.3) is 0 Å². The summed E-state index contributed by atoms with van der Waals surface area (Å²) in [5.74, 6) is -1.18. The Morgan fingerprint density at radius 2 is 2.10 bits per heavy atom. The standard InChI is InChI=1S/C14H18F3NO3/c1-3-18(10(2)7-13(19)20)9-11-5-4-6-12(8-11)21-14(15,16)17/h4-6,8,10H,3,7,9H2,1-2H3,(H,19,20). The summed E-state index contributed by atoms with van der Waals surface area (Å²) in [6, 6.07) is 5.49. The van der Waals surface area contributed by atoms with Crippen molar-refractivity contribution < 1.29 is 27.8 Å². The van der Waals surface area contributed by atoms with Crippen LogP contribution in [0.2, 0.25) is 0 Å². The molecule has 0 aromatic heterocycles. The Kier molecular flexibility index (Phi) is 6.02. The third-order valence-electron chi connectivity index (χ3n) is 3.02. The molecule has 0 fully saturated rings. The van der Waals surface area contributed by atoms with Crippen molar-refractivity contribution in [3.8, 4) is 5.75 Å². The minimum Gasteiger partial charge on any atom is -0.481 e. The monoisotopic (exact) mass is 305 g/mol. The highest BCUT2D eigenvalue weighted by Crippen LogP contribution is 2.24. The molecule has 0 bridgehead atoms. The van der Waals surface area contributed by atoms with Crippen LogP contribution in [0, 0.1) is 0 Å². The summed E-state index contributed by atoms with van der Waals surface area (Å²) >= 11 is 0. The number of halogens is 3. The van der Waals surface area contributed by atoms with E-state index in [0.29, 0.717) is 18.7 Å². The lowest BCUT2D eigenvalue weighted by Crippen LogP contribution is -2.34. The second kappa shape index (κ2) is 7.31. The van der Waals surface area contributed by atoms with Crippen LogP contribution in [0.25, 0.3) is 0 Å². The average molecular weight is 305 g/mol. The van der Waals surface area contributed by atoms with Gasteiger partial charge in [-0.1, -0.05) is 19.1 Å². The highest BCUT2D eigenvalue weighted by atomic mass is 19.4. The van der Waals surface area contributed by atoms with Gasteiger partial charge in [-0.15, -0.1) is 13.2 Å². The molecule has 0 saturated heterocycles. The Morgan fingerprint density at radius 1 is 1.43 bits per heavy atom. The number of aliphatic carboxylic acids is 1. The Labute approximate surface area is 121 Å². The minimum absolute atomic E-state index is 0.0212. The van der Waals surface area contributed by atoms with Crippen LogP contribution < -0.4 is 4.74 Å². The van der Waals surface area contributed by atoms with Crippen LogP contribution in [-0.2, 0) is 11.3 Å². The maximum Gasteiger partial charge on any atom is 0.573 e. The highest BCUT2D eigenvalue weighted by molar-refractivity contribution is 5.67. The van der Waals surface area contributed by atoms with E-state index in [1.54, 1.807) is 13.0 Å². The van der Waals surface area contributed by atoms with Crippen LogP contribution in [0.1, 0.15) is 25.8 Å². The van der Waals surface area contributed by atoms with E-state index in [9.17, 15) is 18.0 Å². The number of rotatable bonds is 7. The molecule has 1 rings (SSSR count). The topological polar surface area (TPSA) is 49.8 Å². The molecule has 7 heteroatoms. The number of carboxylic acid groups (broad SMARTS) is 1. The number of hydrogen-bond acceptors (Lipinski definition) is 3. The number of carboxylic acids is 1. The number of ether oxygens (including phenoxy) is 1.